The summed E-state index contributed by atoms with van der Waals surface area (Å²) in [5, 5.41) is 36.2. The van der Waals surface area contributed by atoms with Gasteiger partial charge in [0.15, 0.2) is 11.5 Å². The fraction of sp³-hybridized carbons (Fsp3) is 0.333. The smallest absolute Gasteiger partial charge is 0.161 e. The van der Waals surface area contributed by atoms with Crippen LogP contribution in [-0.2, 0) is 6.42 Å². The number of rotatable bonds is 3. The summed E-state index contributed by atoms with van der Waals surface area (Å²) in [6.07, 6.45) is 0.232. The Morgan fingerprint density at radius 2 is 1.64 bits per heavy atom. The van der Waals surface area contributed by atoms with Gasteiger partial charge in [0.05, 0.1) is 6.61 Å². The predicted molar refractivity (Wildman–Crippen MR) is 50.2 cm³/mol. The van der Waals surface area contributed by atoms with Crippen molar-refractivity contribution in [1.29, 1.82) is 0 Å². The number of phenolic OH excluding ortho intramolecular Hbond substituents is 3. The highest BCUT2D eigenvalue weighted by Gasteiger charge is 2.10. The molecular weight excluding hydrogens is 186 g/mol. The van der Waals surface area contributed by atoms with Crippen LogP contribution in [0.1, 0.15) is 5.56 Å². The maximum atomic E-state index is 9.35. The van der Waals surface area contributed by atoms with Crippen molar-refractivity contribution in [3.05, 3.63) is 17.7 Å². The molecule has 0 aromatic heterocycles. The molecule has 0 bridgehead atoms. The number of aliphatic hydroxyl groups excluding tert-OH is 1. The van der Waals surface area contributed by atoms with Crippen molar-refractivity contribution in [2.75, 3.05) is 6.61 Å². The molecule has 0 aliphatic heterocycles. The van der Waals surface area contributed by atoms with Crippen molar-refractivity contribution >= 4 is 0 Å². The summed E-state index contributed by atoms with van der Waals surface area (Å²) in [4.78, 5) is 0. The van der Waals surface area contributed by atoms with Gasteiger partial charge in [0.2, 0.25) is 0 Å². The number of phenols is 3. The maximum absolute atomic E-state index is 9.35. The van der Waals surface area contributed by atoms with E-state index in [-0.39, 0.29) is 30.3 Å². The molecule has 5 heteroatoms. The zero-order chi connectivity index (χ0) is 10.7. The van der Waals surface area contributed by atoms with Crippen molar-refractivity contribution in [1.82, 2.24) is 0 Å². The molecule has 0 spiro atoms. The van der Waals surface area contributed by atoms with E-state index in [9.17, 15) is 5.11 Å². The van der Waals surface area contributed by atoms with Gasteiger partial charge < -0.3 is 26.2 Å². The number of aromatic hydroxyl groups is 3. The number of benzene rings is 1. The molecule has 1 unspecified atom stereocenters. The molecule has 5 nitrogen and oxygen atoms in total. The number of hydrogen-bond donors (Lipinski definition) is 5. The zero-order valence-electron chi connectivity index (χ0n) is 7.51. The molecule has 0 saturated carbocycles. The Morgan fingerprint density at radius 3 is 2.21 bits per heavy atom. The van der Waals surface area contributed by atoms with Crippen LogP contribution in [0.5, 0.6) is 17.2 Å². The van der Waals surface area contributed by atoms with Crippen molar-refractivity contribution in [3.8, 4) is 17.2 Å². The molecule has 1 atom stereocenters. The summed E-state index contributed by atoms with van der Waals surface area (Å²) in [6, 6.07) is 1.76. The molecule has 0 amide bonds. The third kappa shape index (κ3) is 2.27. The second kappa shape index (κ2) is 4.17. The Hall–Kier alpha value is -1.46. The fourth-order valence-electron chi connectivity index (χ4n) is 1.12. The van der Waals surface area contributed by atoms with Gasteiger partial charge in [-0.2, -0.15) is 0 Å². The monoisotopic (exact) mass is 199 g/mol. The molecule has 1 rings (SSSR count). The number of nitrogens with two attached hydrogens (primary N) is 1. The molecule has 0 aliphatic carbocycles. The third-order valence-corrected chi connectivity index (χ3v) is 1.89. The quantitative estimate of drug-likeness (QED) is 0.338. The van der Waals surface area contributed by atoms with Crippen LogP contribution >= 0.6 is 0 Å². The Morgan fingerprint density at radius 1 is 1.07 bits per heavy atom. The molecular formula is C9H13NO4. The topological polar surface area (TPSA) is 107 Å². The summed E-state index contributed by atoms with van der Waals surface area (Å²) in [5.74, 6) is -0.851. The lowest BCUT2D eigenvalue weighted by atomic mass is 10.1. The first kappa shape index (κ1) is 10.6. The lowest BCUT2D eigenvalue weighted by Gasteiger charge is -2.10. The third-order valence-electron chi connectivity index (χ3n) is 1.89. The van der Waals surface area contributed by atoms with Gasteiger partial charge in [0, 0.05) is 12.1 Å². The molecule has 0 fully saturated rings. The number of aliphatic hydroxyl groups is 1. The van der Waals surface area contributed by atoms with Gasteiger partial charge in [-0.15, -0.1) is 0 Å². The van der Waals surface area contributed by atoms with Crippen LogP contribution in [0, 0.1) is 0 Å². The standard InChI is InChI=1S/C9H13NO4/c10-6(4-11)1-5-2-8(13)9(14)3-7(5)12/h2-3,6,11-14H,1,4,10H2. The minimum Gasteiger partial charge on any atom is -0.508 e. The van der Waals surface area contributed by atoms with Crippen LogP contribution in [0.2, 0.25) is 0 Å². The Bertz CT molecular complexity index is 327. The highest BCUT2D eigenvalue weighted by atomic mass is 16.3. The lowest BCUT2D eigenvalue weighted by molar-refractivity contribution is 0.264. The van der Waals surface area contributed by atoms with Crippen LogP contribution in [0.3, 0.4) is 0 Å². The summed E-state index contributed by atoms with van der Waals surface area (Å²) < 4.78 is 0. The second-order valence-electron chi connectivity index (χ2n) is 3.12. The minimum absolute atomic E-state index is 0.149. The molecule has 1 aromatic rings. The zero-order valence-corrected chi connectivity index (χ0v) is 7.51. The van der Waals surface area contributed by atoms with Crippen molar-refractivity contribution in [2.45, 2.75) is 12.5 Å². The van der Waals surface area contributed by atoms with Crippen LogP contribution in [0.4, 0.5) is 0 Å². The average molecular weight is 199 g/mol. The SMILES string of the molecule is NC(CO)Cc1cc(O)c(O)cc1O. The van der Waals surface area contributed by atoms with E-state index in [0.29, 0.717) is 5.56 Å². The Balaban J connectivity index is 2.92. The van der Waals surface area contributed by atoms with E-state index in [1.807, 2.05) is 0 Å². The maximum Gasteiger partial charge on any atom is 0.161 e. The van der Waals surface area contributed by atoms with Gasteiger partial charge in [-0.3, -0.25) is 0 Å². The van der Waals surface area contributed by atoms with Gasteiger partial charge in [0.25, 0.3) is 0 Å². The first-order chi connectivity index (χ1) is 6.54. The van der Waals surface area contributed by atoms with E-state index in [4.69, 9.17) is 21.1 Å². The molecule has 0 aliphatic rings. The first-order valence-electron chi connectivity index (χ1n) is 4.15. The van der Waals surface area contributed by atoms with Gasteiger partial charge >= 0.3 is 0 Å². The molecule has 0 radical (unpaired) electrons. The molecule has 14 heavy (non-hydrogen) atoms. The molecule has 1 aromatic carbocycles. The van der Waals surface area contributed by atoms with Crippen molar-refractivity contribution in [3.63, 3.8) is 0 Å². The summed E-state index contributed by atoms with van der Waals surface area (Å²) >= 11 is 0. The summed E-state index contributed by atoms with van der Waals surface area (Å²) in [6.45, 7) is -0.207. The van der Waals surface area contributed by atoms with Gasteiger partial charge in [-0.05, 0) is 18.1 Å². The van der Waals surface area contributed by atoms with E-state index in [0.717, 1.165) is 6.07 Å². The van der Waals surface area contributed by atoms with Crippen molar-refractivity contribution in [2.24, 2.45) is 5.73 Å². The van der Waals surface area contributed by atoms with Crippen LogP contribution < -0.4 is 5.73 Å². The first-order valence-corrected chi connectivity index (χ1v) is 4.15. The highest BCUT2D eigenvalue weighted by Crippen LogP contribution is 2.32. The minimum atomic E-state index is -0.496. The van der Waals surface area contributed by atoms with Crippen LogP contribution in [-0.4, -0.2) is 33.1 Å². The van der Waals surface area contributed by atoms with E-state index >= 15 is 0 Å². The Labute approximate surface area is 81.0 Å². The van der Waals surface area contributed by atoms with Crippen LogP contribution in [0.25, 0.3) is 0 Å². The van der Waals surface area contributed by atoms with Crippen LogP contribution in [0.15, 0.2) is 12.1 Å². The lowest BCUT2D eigenvalue weighted by Crippen LogP contribution is -2.26. The van der Waals surface area contributed by atoms with Gasteiger partial charge in [0.1, 0.15) is 5.75 Å². The summed E-state index contributed by atoms with van der Waals surface area (Å²) in [5.41, 5.74) is 5.85. The van der Waals surface area contributed by atoms with Gasteiger partial charge in [-0.1, -0.05) is 0 Å². The van der Waals surface area contributed by atoms with E-state index in [2.05, 4.69) is 0 Å². The highest BCUT2D eigenvalue weighted by molar-refractivity contribution is 5.48. The van der Waals surface area contributed by atoms with E-state index in [1.54, 1.807) is 0 Å². The molecule has 0 saturated heterocycles. The Kier molecular flexibility index (Phi) is 3.16. The van der Waals surface area contributed by atoms with Gasteiger partial charge in [-0.25, -0.2) is 0 Å². The fourth-order valence-corrected chi connectivity index (χ4v) is 1.12. The molecule has 6 N–H and O–H groups in total. The van der Waals surface area contributed by atoms with E-state index in [1.165, 1.54) is 6.07 Å². The second-order valence-corrected chi connectivity index (χ2v) is 3.12. The largest absolute Gasteiger partial charge is 0.508 e. The number of hydrogen-bond acceptors (Lipinski definition) is 5. The molecule has 78 valence electrons. The normalized spacial score (nSPS) is 12.7. The average Bonchev–Trinajstić information content (AvgIpc) is 2.14. The molecule has 0 heterocycles. The van der Waals surface area contributed by atoms with E-state index < -0.39 is 6.04 Å². The predicted octanol–water partition coefficient (Wildman–Crippen LogP) is -0.335. The van der Waals surface area contributed by atoms with Crippen molar-refractivity contribution < 1.29 is 20.4 Å². The summed E-state index contributed by atoms with van der Waals surface area (Å²) in [7, 11) is 0.